The van der Waals surface area contributed by atoms with Crippen LogP contribution in [0.4, 0.5) is 0 Å². The predicted octanol–water partition coefficient (Wildman–Crippen LogP) is 2.99. The fraction of sp³-hybridized carbons (Fsp3) is 0.615. The number of carbonyl (C=O) groups is 1. The molecule has 19 heavy (non-hydrogen) atoms. The lowest BCUT2D eigenvalue weighted by atomic mass is 10.3. The van der Waals surface area contributed by atoms with Gasteiger partial charge in [0.2, 0.25) is 0 Å². The summed E-state index contributed by atoms with van der Waals surface area (Å²) in [5, 5.41) is 2.91. The first-order chi connectivity index (χ1) is 9.15. The van der Waals surface area contributed by atoms with Crippen LogP contribution < -0.4 is 5.32 Å². The molecule has 4 nitrogen and oxygen atoms in total. The van der Waals surface area contributed by atoms with E-state index in [0.717, 1.165) is 27.1 Å². The third kappa shape index (κ3) is 6.51. The number of hydrogen-bond acceptors (Lipinski definition) is 4. The first-order valence-corrected chi connectivity index (χ1v) is 7.87. The lowest BCUT2D eigenvalue weighted by molar-refractivity contribution is 0.0686. The van der Waals surface area contributed by atoms with E-state index in [0.29, 0.717) is 26.4 Å². The summed E-state index contributed by atoms with van der Waals surface area (Å²) in [5.74, 6) is -0.000832. The minimum Gasteiger partial charge on any atom is -0.382 e. The average molecular weight is 350 g/mol. The van der Waals surface area contributed by atoms with Gasteiger partial charge in [-0.3, -0.25) is 4.79 Å². The second kappa shape index (κ2) is 9.47. The smallest absolute Gasteiger partial charge is 0.261 e. The van der Waals surface area contributed by atoms with E-state index in [2.05, 4.69) is 21.2 Å². The molecular weight excluding hydrogens is 330 g/mol. The Morgan fingerprint density at radius 2 is 2.16 bits per heavy atom. The second-order valence-electron chi connectivity index (χ2n) is 4.14. The van der Waals surface area contributed by atoms with Crippen LogP contribution >= 0.6 is 27.3 Å². The summed E-state index contributed by atoms with van der Waals surface area (Å²) in [5.41, 5.74) is 1.10. The van der Waals surface area contributed by atoms with E-state index < -0.39 is 0 Å². The molecule has 0 saturated heterocycles. The maximum atomic E-state index is 11.8. The Hall–Kier alpha value is -0.430. The van der Waals surface area contributed by atoms with Crippen molar-refractivity contribution in [3.63, 3.8) is 0 Å². The van der Waals surface area contributed by atoms with Crippen molar-refractivity contribution in [1.82, 2.24) is 5.32 Å². The topological polar surface area (TPSA) is 47.6 Å². The summed E-state index contributed by atoms with van der Waals surface area (Å²) in [6, 6.07) is 1.90. The van der Waals surface area contributed by atoms with E-state index in [1.807, 2.05) is 13.0 Å². The molecule has 1 N–H and O–H groups in total. The van der Waals surface area contributed by atoms with Gasteiger partial charge in [0.15, 0.2) is 0 Å². The number of halogens is 1. The van der Waals surface area contributed by atoms with Gasteiger partial charge in [0, 0.05) is 20.3 Å². The largest absolute Gasteiger partial charge is 0.382 e. The molecule has 6 heteroatoms. The second-order valence-corrected chi connectivity index (χ2v) is 6.51. The minimum atomic E-state index is -0.000832. The van der Waals surface area contributed by atoms with Gasteiger partial charge in [0.05, 0.1) is 21.9 Å². The number of hydrogen-bond donors (Lipinski definition) is 1. The zero-order valence-electron chi connectivity index (χ0n) is 11.3. The summed E-state index contributed by atoms with van der Waals surface area (Å²) in [7, 11) is 1.66. The zero-order valence-corrected chi connectivity index (χ0v) is 13.7. The van der Waals surface area contributed by atoms with Crippen LogP contribution in [0.2, 0.25) is 0 Å². The molecule has 0 aliphatic heterocycles. The van der Waals surface area contributed by atoms with Crippen LogP contribution in [-0.4, -0.2) is 39.4 Å². The number of unbranched alkanes of at least 4 members (excludes halogenated alkanes) is 1. The zero-order chi connectivity index (χ0) is 14.1. The van der Waals surface area contributed by atoms with Gasteiger partial charge in [0.1, 0.15) is 0 Å². The molecule has 0 aromatic carbocycles. The van der Waals surface area contributed by atoms with Gasteiger partial charge < -0.3 is 14.8 Å². The van der Waals surface area contributed by atoms with E-state index in [9.17, 15) is 4.79 Å². The molecule has 1 aromatic rings. The van der Waals surface area contributed by atoms with Crippen molar-refractivity contribution in [3.05, 3.63) is 20.3 Å². The highest BCUT2D eigenvalue weighted by Gasteiger charge is 2.10. The van der Waals surface area contributed by atoms with Crippen molar-refractivity contribution >= 4 is 33.2 Å². The number of methoxy groups -OCH3 is 1. The lowest BCUT2D eigenvalue weighted by Crippen LogP contribution is -2.23. The number of carbonyl (C=O) groups excluding carboxylic acids is 1. The fourth-order valence-electron chi connectivity index (χ4n) is 1.43. The van der Waals surface area contributed by atoms with Gasteiger partial charge in [0.25, 0.3) is 5.91 Å². The summed E-state index contributed by atoms with van der Waals surface area (Å²) in [4.78, 5) is 12.6. The monoisotopic (exact) mass is 349 g/mol. The maximum absolute atomic E-state index is 11.8. The molecule has 1 aromatic heterocycles. The number of aryl methyl sites for hydroxylation is 1. The van der Waals surface area contributed by atoms with E-state index >= 15 is 0 Å². The van der Waals surface area contributed by atoms with Gasteiger partial charge in [-0.05, 0) is 47.3 Å². The summed E-state index contributed by atoms with van der Waals surface area (Å²) < 4.78 is 11.2. The Kier molecular flexibility index (Phi) is 8.29. The van der Waals surface area contributed by atoms with Crippen LogP contribution in [0.5, 0.6) is 0 Å². The van der Waals surface area contributed by atoms with Crippen molar-refractivity contribution in [2.45, 2.75) is 19.8 Å². The normalized spacial score (nSPS) is 10.7. The average Bonchev–Trinajstić information content (AvgIpc) is 2.73. The molecule has 0 fully saturated rings. The van der Waals surface area contributed by atoms with E-state index in [1.54, 1.807) is 7.11 Å². The standard InChI is InChI=1S/C13H20BrNO3S/c1-10-9-11(19-12(10)14)13(16)15-5-3-4-6-18-8-7-17-2/h9H,3-8H2,1-2H3,(H,15,16). The van der Waals surface area contributed by atoms with Crippen molar-refractivity contribution in [1.29, 1.82) is 0 Å². The number of amides is 1. The van der Waals surface area contributed by atoms with Crippen LogP contribution in [0.3, 0.4) is 0 Å². The van der Waals surface area contributed by atoms with Gasteiger partial charge in [-0.15, -0.1) is 11.3 Å². The molecule has 1 heterocycles. The van der Waals surface area contributed by atoms with Crippen molar-refractivity contribution in [2.75, 3.05) is 33.5 Å². The Morgan fingerprint density at radius 3 is 2.79 bits per heavy atom. The Bertz CT molecular complexity index is 376. The van der Waals surface area contributed by atoms with Crippen molar-refractivity contribution in [3.8, 4) is 0 Å². The molecule has 108 valence electrons. The number of rotatable bonds is 9. The van der Waals surface area contributed by atoms with Gasteiger partial charge in [-0.1, -0.05) is 0 Å². The molecule has 0 aliphatic carbocycles. The van der Waals surface area contributed by atoms with E-state index in [1.165, 1.54) is 11.3 Å². The van der Waals surface area contributed by atoms with Crippen molar-refractivity contribution in [2.24, 2.45) is 0 Å². The highest BCUT2D eigenvalue weighted by atomic mass is 79.9. The Morgan fingerprint density at radius 1 is 1.37 bits per heavy atom. The molecular formula is C13H20BrNO3S. The SMILES string of the molecule is COCCOCCCCNC(=O)c1cc(C)c(Br)s1. The van der Waals surface area contributed by atoms with Gasteiger partial charge in [-0.25, -0.2) is 0 Å². The van der Waals surface area contributed by atoms with Crippen LogP contribution in [0.1, 0.15) is 28.1 Å². The van der Waals surface area contributed by atoms with Crippen LogP contribution in [-0.2, 0) is 9.47 Å². The first-order valence-electron chi connectivity index (χ1n) is 6.26. The molecule has 0 atom stereocenters. The number of nitrogens with one attached hydrogen (secondary N) is 1. The summed E-state index contributed by atoms with van der Waals surface area (Å²) in [6.07, 6.45) is 1.86. The number of thiophene rings is 1. The maximum Gasteiger partial charge on any atom is 0.261 e. The Labute approximate surface area is 126 Å². The molecule has 0 unspecified atom stereocenters. The van der Waals surface area contributed by atoms with Crippen LogP contribution in [0, 0.1) is 6.92 Å². The minimum absolute atomic E-state index is 0.000832. The summed E-state index contributed by atoms with van der Waals surface area (Å²) >= 11 is 4.88. The van der Waals surface area contributed by atoms with E-state index in [4.69, 9.17) is 9.47 Å². The molecule has 0 spiro atoms. The lowest BCUT2D eigenvalue weighted by Gasteiger charge is -2.04. The molecule has 0 aliphatic rings. The molecule has 0 saturated carbocycles. The fourth-order valence-corrected chi connectivity index (χ4v) is 2.89. The molecule has 0 bridgehead atoms. The predicted molar refractivity (Wildman–Crippen MR) is 81.0 cm³/mol. The first kappa shape index (κ1) is 16.6. The third-order valence-corrected chi connectivity index (χ3v) is 4.65. The van der Waals surface area contributed by atoms with Crippen LogP contribution in [0.15, 0.2) is 9.85 Å². The molecule has 0 radical (unpaired) electrons. The van der Waals surface area contributed by atoms with Gasteiger partial charge >= 0.3 is 0 Å². The van der Waals surface area contributed by atoms with Crippen molar-refractivity contribution < 1.29 is 14.3 Å². The molecule has 1 rings (SSSR count). The van der Waals surface area contributed by atoms with E-state index in [-0.39, 0.29) is 5.91 Å². The highest BCUT2D eigenvalue weighted by Crippen LogP contribution is 2.27. The van der Waals surface area contributed by atoms with Gasteiger partial charge in [-0.2, -0.15) is 0 Å². The quantitative estimate of drug-likeness (QED) is 0.697. The Balaban J connectivity index is 2.08. The summed E-state index contributed by atoms with van der Waals surface area (Å²) in [6.45, 7) is 4.63. The highest BCUT2D eigenvalue weighted by molar-refractivity contribution is 9.11. The number of ether oxygens (including phenoxy) is 2. The van der Waals surface area contributed by atoms with Crippen LogP contribution in [0.25, 0.3) is 0 Å². The third-order valence-electron chi connectivity index (χ3n) is 2.51. The molecule has 1 amide bonds.